The van der Waals surface area contributed by atoms with Gasteiger partial charge in [-0.3, -0.25) is 9.59 Å². The standard InChI is InChI=1S/C26H30ClNO5/c1-6-11-28-22(17-7-9-18(10-8-17)33-14-15(2)3)21(24(30)26(28)31)23(29)19-12-16(4)13-20(27)25(19)32-5/h7-10,12-13,15,22,29H,6,11,14H2,1-5H3/b23-21+. The quantitative estimate of drug-likeness (QED) is 0.311. The zero-order valence-corrected chi connectivity index (χ0v) is 20.4. The number of Topliss-reactive ketones (excluding diaryl/α,β-unsaturated/α-hetero) is 1. The number of carbonyl (C=O) groups is 2. The Morgan fingerprint density at radius 2 is 1.85 bits per heavy atom. The molecule has 1 aliphatic rings. The Morgan fingerprint density at radius 1 is 1.18 bits per heavy atom. The lowest BCUT2D eigenvalue weighted by molar-refractivity contribution is -0.139. The van der Waals surface area contributed by atoms with Gasteiger partial charge in [-0.2, -0.15) is 0 Å². The fourth-order valence-electron chi connectivity index (χ4n) is 3.96. The maximum Gasteiger partial charge on any atom is 0.295 e. The van der Waals surface area contributed by atoms with Crippen molar-refractivity contribution in [2.75, 3.05) is 20.3 Å². The number of likely N-dealkylation sites (tertiary alicyclic amines) is 1. The van der Waals surface area contributed by atoms with Crippen molar-refractivity contribution in [2.45, 2.75) is 40.2 Å². The van der Waals surface area contributed by atoms with Gasteiger partial charge in [-0.15, -0.1) is 0 Å². The number of carbonyl (C=O) groups excluding carboxylic acids is 2. The summed E-state index contributed by atoms with van der Waals surface area (Å²) in [5, 5.41) is 11.6. The number of rotatable bonds is 8. The highest BCUT2D eigenvalue weighted by Crippen LogP contribution is 2.43. The minimum atomic E-state index is -0.731. The molecule has 1 unspecified atom stereocenters. The van der Waals surface area contributed by atoms with Gasteiger partial charge in [-0.05, 0) is 54.7 Å². The van der Waals surface area contributed by atoms with Crippen LogP contribution in [0.5, 0.6) is 11.5 Å². The smallest absolute Gasteiger partial charge is 0.295 e. The van der Waals surface area contributed by atoms with Gasteiger partial charge < -0.3 is 19.5 Å². The number of hydrogen-bond acceptors (Lipinski definition) is 5. The van der Waals surface area contributed by atoms with Crippen molar-refractivity contribution < 1.29 is 24.2 Å². The molecule has 2 aromatic carbocycles. The summed E-state index contributed by atoms with van der Waals surface area (Å²) in [7, 11) is 1.44. The number of hydrogen-bond donors (Lipinski definition) is 1. The summed E-state index contributed by atoms with van der Waals surface area (Å²) < 4.78 is 11.2. The Balaban J connectivity index is 2.15. The topological polar surface area (TPSA) is 76.1 Å². The average Bonchev–Trinajstić information content (AvgIpc) is 3.02. The largest absolute Gasteiger partial charge is 0.507 e. The van der Waals surface area contributed by atoms with Crippen molar-refractivity contribution in [1.82, 2.24) is 4.90 Å². The van der Waals surface area contributed by atoms with E-state index in [1.165, 1.54) is 12.0 Å². The highest BCUT2D eigenvalue weighted by Gasteiger charge is 2.46. The van der Waals surface area contributed by atoms with Crippen LogP contribution in [0.4, 0.5) is 0 Å². The fourth-order valence-corrected chi connectivity index (χ4v) is 4.32. The Hall–Kier alpha value is -2.99. The Bertz CT molecular complexity index is 1070. The molecule has 0 saturated carbocycles. The molecule has 0 aliphatic carbocycles. The summed E-state index contributed by atoms with van der Waals surface area (Å²) >= 11 is 6.32. The van der Waals surface area contributed by atoms with Gasteiger partial charge in [0.05, 0.1) is 35.9 Å². The molecule has 1 atom stereocenters. The molecule has 0 aromatic heterocycles. The SMILES string of the molecule is CCCN1C(=O)C(=O)/C(=C(/O)c2cc(C)cc(Cl)c2OC)C1c1ccc(OCC(C)C)cc1. The van der Waals surface area contributed by atoms with E-state index in [9.17, 15) is 14.7 Å². The van der Waals surface area contributed by atoms with Gasteiger partial charge in [0, 0.05) is 6.54 Å². The van der Waals surface area contributed by atoms with Gasteiger partial charge in [0.25, 0.3) is 11.7 Å². The van der Waals surface area contributed by atoms with Crippen molar-refractivity contribution >= 4 is 29.1 Å². The first-order valence-electron chi connectivity index (χ1n) is 11.0. The van der Waals surface area contributed by atoms with Crippen LogP contribution < -0.4 is 9.47 Å². The van der Waals surface area contributed by atoms with Crippen molar-refractivity contribution in [3.63, 3.8) is 0 Å². The van der Waals surface area contributed by atoms with Crippen molar-refractivity contribution in [1.29, 1.82) is 0 Å². The highest BCUT2D eigenvalue weighted by molar-refractivity contribution is 6.46. The second-order valence-corrected chi connectivity index (χ2v) is 9.00. The Kier molecular flexibility index (Phi) is 7.69. The predicted molar refractivity (Wildman–Crippen MR) is 129 cm³/mol. The number of amides is 1. The third kappa shape index (κ3) is 5.01. The zero-order chi connectivity index (χ0) is 24.3. The number of methoxy groups -OCH3 is 1. The second-order valence-electron chi connectivity index (χ2n) is 8.59. The van der Waals surface area contributed by atoms with Gasteiger partial charge in [0.15, 0.2) is 0 Å². The lowest BCUT2D eigenvalue weighted by Gasteiger charge is -2.25. The summed E-state index contributed by atoms with van der Waals surface area (Å²) in [4.78, 5) is 27.5. The molecule has 7 heteroatoms. The number of nitrogens with zero attached hydrogens (tertiary/aromatic N) is 1. The van der Waals surface area contributed by atoms with Crippen LogP contribution in [0.15, 0.2) is 42.0 Å². The number of ketones is 1. The van der Waals surface area contributed by atoms with E-state index in [0.29, 0.717) is 41.8 Å². The molecule has 3 rings (SSSR count). The Morgan fingerprint density at radius 3 is 2.42 bits per heavy atom. The van der Waals surface area contributed by atoms with Crippen LogP contribution in [0.3, 0.4) is 0 Å². The third-order valence-electron chi connectivity index (χ3n) is 5.43. The monoisotopic (exact) mass is 471 g/mol. The van der Waals surface area contributed by atoms with Crippen LogP contribution >= 0.6 is 11.6 Å². The first kappa shape index (κ1) is 24.6. The molecular weight excluding hydrogens is 442 g/mol. The Labute approximate surface area is 199 Å². The van der Waals surface area contributed by atoms with E-state index in [-0.39, 0.29) is 22.6 Å². The molecule has 0 radical (unpaired) electrons. The molecule has 33 heavy (non-hydrogen) atoms. The number of halogens is 1. The van der Waals surface area contributed by atoms with Crippen molar-refractivity contribution in [3.05, 3.63) is 63.7 Å². The zero-order valence-electron chi connectivity index (χ0n) is 19.6. The van der Waals surface area contributed by atoms with Crippen molar-refractivity contribution in [3.8, 4) is 11.5 Å². The number of ether oxygens (including phenoxy) is 2. The van der Waals surface area contributed by atoms with E-state index >= 15 is 0 Å². The second kappa shape index (κ2) is 10.3. The van der Waals surface area contributed by atoms with Gasteiger partial charge in [0.2, 0.25) is 0 Å². The summed E-state index contributed by atoms with van der Waals surface area (Å²) in [5.41, 5.74) is 1.79. The summed E-state index contributed by atoms with van der Waals surface area (Å²) in [6, 6.07) is 9.94. The molecule has 0 bridgehead atoms. The van der Waals surface area contributed by atoms with Crippen LogP contribution in [0.25, 0.3) is 5.76 Å². The minimum Gasteiger partial charge on any atom is -0.507 e. The summed E-state index contributed by atoms with van der Waals surface area (Å²) in [6.45, 7) is 8.86. The maximum atomic E-state index is 13.1. The van der Waals surface area contributed by atoms with E-state index in [2.05, 4.69) is 13.8 Å². The number of aliphatic hydroxyl groups is 1. The van der Waals surface area contributed by atoms with Gasteiger partial charge in [-0.1, -0.05) is 44.5 Å². The first-order chi connectivity index (χ1) is 15.7. The highest BCUT2D eigenvalue weighted by atomic mass is 35.5. The maximum absolute atomic E-state index is 13.1. The van der Waals surface area contributed by atoms with E-state index in [1.807, 2.05) is 38.1 Å². The average molecular weight is 472 g/mol. The summed E-state index contributed by atoms with van der Waals surface area (Å²) in [6.07, 6.45) is 0.665. The van der Waals surface area contributed by atoms with E-state index in [4.69, 9.17) is 21.1 Å². The van der Waals surface area contributed by atoms with Crippen LogP contribution in [-0.2, 0) is 9.59 Å². The molecule has 1 fully saturated rings. The van der Waals surface area contributed by atoms with E-state index in [0.717, 1.165) is 5.56 Å². The van der Waals surface area contributed by atoms with Gasteiger partial charge in [0.1, 0.15) is 17.3 Å². The number of aliphatic hydroxyl groups excluding tert-OH is 1. The first-order valence-corrected chi connectivity index (χ1v) is 11.4. The van der Waals surface area contributed by atoms with E-state index < -0.39 is 17.7 Å². The lowest BCUT2D eigenvalue weighted by Crippen LogP contribution is -2.30. The predicted octanol–water partition coefficient (Wildman–Crippen LogP) is 5.52. The van der Waals surface area contributed by atoms with Crippen LogP contribution in [-0.4, -0.2) is 42.0 Å². The fraction of sp³-hybridized carbons (Fsp3) is 0.385. The van der Waals surface area contributed by atoms with E-state index in [1.54, 1.807) is 12.1 Å². The molecule has 1 N–H and O–H groups in total. The lowest BCUT2D eigenvalue weighted by atomic mass is 9.94. The van der Waals surface area contributed by atoms with Gasteiger partial charge in [-0.25, -0.2) is 0 Å². The van der Waals surface area contributed by atoms with Crippen LogP contribution in [0, 0.1) is 12.8 Å². The third-order valence-corrected chi connectivity index (χ3v) is 5.71. The van der Waals surface area contributed by atoms with Gasteiger partial charge >= 0.3 is 0 Å². The molecule has 1 heterocycles. The molecule has 2 aromatic rings. The molecule has 1 amide bonds. The molecule has 6 nitrogen and oxygen atoms in total. The molecule has 1 aliphatic heterocycles. The minimum absolute atomic E-state index is 0.0178. The number of aryl methyl sites for hydroxylation is 1. The van der Waals surface area contributed by atoms with Crippen LogP contribution in [0.2, 0.25) is 5.02 Å². The van der Waals surface area contributed by atoms with Crippen LogP contribution in [0.1, 0.15) is 49.9 Å². The summed E-state index contributed by atoms with van der Waals surface area (Å²) in [5.74, 6) is -0.339. The molecule has 176 valence electrons. The molecule has 1 saturated heterocycles. The molecular formula is C26H30ClNO5. The normalized spacial score (nSPS) is 17.7. The van der Waals surface area contributed by atoms with Crippen molar-refractivity contribution in [2.24, 2.45) is 5.92 Å². The molecule has 0 spiro atoms. The number of benzene rings is 2.